The van der Waals surface area contributed by atoms with Gasteiger partial charge in [-0.1, -0.05) is 26.7 Å². The first kappa shape index (κ1) is 17.3. The highest BCUT2D eigenvalue weighted by Crippen LogP contribution is 2.26. The molecule has 0 aliphatic heterocycles. The molecule has 1 aliphatic rings. The van der Waals surface area contributed by atoms with Gasteiger partial charge in [0.1, 0.15) is 5.75 Å². The summed E-state index contributed by atoms with van der Waals surface area (Å²) in [5, 5.41) is 0. The molecule has 0 aromatic heterocycles. The molecule has 1 aromatic rings. The number of benzene rings is 1. The number of hydrogen-bond donors (Lipinski definition) is 1. The Morgan fingerprint density at radius 2 is 2.00 bits per heavy atom. The van der Waals surface area contributed by atoms with Crippen LogP contribution in [0, 0.1) is 12.8 Å². The van der Waals surface area contributed by atoms with Crippen molar-refractivity contribution in [3.63, 3.8) is 0 Å². The molecule has 0 heterocycles. The molecule has 0 unspecified atom stereocenters. The molecule has 1 saturated carbocycles. The van der Waals surface area contributed by atoms with Crippen LogP contribution >= 0.6 is 0 Å². The lowest BCUT2D eigenvalue weighted by Crippen LogP contribution is -2.40. The van der Waals surface area contributed by atoms with Gasteiger partial charge in [0.2, 0.25) is 10.0 Å². The van der Waals surface area contributed by atoms with Crippen LogP contribution in [0.15, 0.2) is 23.1 Å². The predicted octanol–water partition coefficient (Wildman–Crippen LogP) is 3.64. The summed E-state index contributed by atoms with van der Waals surface area (Å²) in [6.45, 7) is 6.70. The summed E-state index contributed by atoms with van der Waals surface area (Å²) >= 11 is 0. The molecule has 1 fully saturated rings. The van der Waals surface area contributed by atoms with E-state index in [4.69, 9.17) is 4.74 Å². The Kier molecular flexibility index (Phi) is 5.87. The van der Waals surface area contributed by atoms with Crippen LogP contribution in [0.25, 0.3) is 0 Å². The van der Waals surface area contributed by atoms with Gasteiger partial charge in [-0.3, -0.25) is 0 Å². The maximum atomic E-state index is 12.6. The van der Waals surface area contributed by atoms with Crippen molar-refractivity contribution in [1.29, 1.82) is 0 Å². The molecule has 2 rings (SSSR count). The third-order valence-corrected chi connectivity index (χ3v) is 5.82. The fourth-order valence-corrected chi connectivity index (χ4v) is 4.39. The third kappa shape index (κ3) is 4.23. The van der Waals surface area contributed by atoms with Crippen LogP contribution in [-0.4, -0.2) is 21.1 Å². The summed E-state index contributed by atoms with van der Waals surface area (Å²) in [5.74, 6) is 1.16. The van der Waals surface area contributed by atoms with Crippen molar-refractivity contribution in [3.8, 4) is 5.75 Å². The van der Waals surface area contributed by atoms with Crippen LogP contribution in [0.5, 0.6) is 5.75 Å². The van der Waals surface area contributed by atoms with Gasteiger partial charge in [-0.25, -0.2) is 13.1 Å². The average molecular weight is 325 g/mol. The SMILES string of the molecule is CCCOc1ccc(S(=O)(=O)N[C@H]2CCCC[C@H]2C)cc1C. The van der Waals surface area contributed by atoms with Gasteiger partial charge in [0.05, 0.1) is 11.5 Å². The Bertz CT molecular complexity index is 598. The Morgan fingerprint density at radius 1 is 1.27 bits per heavy atom. The van der Waals surface area contributed by atoms with Crippen LogP contribution in [0.4, 0.5) is 0 Å². The molecular weight excluding hydrogens is 298 g/mol. The zero-order valence-electron chi connectivity index (χ0n) is 13.8. The van der Waals surface area contributed by atoms with Crippen molar-refractivity contribution in [2.75, 3.05) is 6.61 Å². The number of aryl methyl sites for hydroxylation is 1. The Morgan fingerprint density at radius 3 is 2.64 bits per heavy atom. The second-order valence-electron chi connectivity index (χ2n) is 6.27. The first-order valence-corrected chi connectivity index (χ1v) is 9.68. The number of hydrogen-bond acceptors (Lipinski definition) is 3. The van der Waals surface area contributed by atoms with E-state index >= 15 is 0 Å². The van der Waals surface area contributed by atoms with Crippen molar-refractivity contribution in [2.45, 2.75) is 63.8 Å². The molecule has 0 radical (unpaired) electrons. The fraction of sp³-hybridized carbons (Fsp3) is 0.647. The van der Waals surface area contributed by atoms with Crippen molar-refractivity contribution in [3.05, 3.63) is 23.8 Å². The second-order valence-corrected chi connectivity index (χ2v) is 7.98. The maximum absolute atomic E-state index is 12.6. The molecule has 1 aliphatic carbocycles. The first-order valence-electron chi connectivity index (χ1n) is 8.20. The van der Waals surface area contributed by atoms with Gasteiger partial charge in [0.15, 0.2) is 0 Å². The van der Waals surface area contributed by atoms with Crippen LogP contribution in [-0.2, 0) is 10.0 Å². The number of nitrogens with one attached hydrogen (secondary N) is 1. The highest BCUT2D eigenvalue weighted by atomic mass is 32.2. The molecule has 0 amide bonds. The highest BCUT2D eigenvalue weighted by molar-refractivity contribution is 7.89. The maximum Gasteiger partial charge on any atom is 0.240 e. The van der Waals surface area contributed by atoms with Gasteiger partial charge >= 0.3 is 0 Å². The van der Waals surface area contributed by atoms with E-state index in [1.807, 2.05) is 13.8 Å². The minimum Gasteiger partial charge on any atom is -0.493 e. The summed E-state index contributed by atoms with van der Waals surface area (Å²) in [6.07, 6.45) is 5.25. The second kappa shape index (κ2) is 7.47. The molecule has 124 valence electrons. The minimum absolute atomic E-state index is 0.0510. The van der Waals surface area contributed by atoms with Crippen molar-refractivity contribution in [1.82, 2.24) is 4.72 Å². The topological polar surface area (TPSA) is 55.4 Å². The van der Waals surface area contributed by atoms with Crippen LogP contribution in [0.1, 0.15) is 51.5 Å². The van der Waals surface area contributed by atoms with Crippen LogP contribution < -0.4 is 9.46 Å². The largest absolute Gasteiger partial charge is 0.493 e. The van der Waals surface area contributed by atoms with Crippen molar-refractivity contribution >= 4 is 10.0 Å². The van der Waals surface area contributed by atoms with E-state index in [0.29, 0.717) is 17.4 Å². The lowest BCUT2D eigenvalue weighted by molar-refractivity contribution is 0.310. The summed E-state index contributed by atoms with van der Waals surface area (Å²) in [5.41, 5.74) is 0.855. The Labute approximate surface area is 134 Å². The molecule has 0 spiro atoms. The summed E-state index contributed by atoms with van der Waals surface area (Å²) in [6, 6.07) is 5.13. The standard InChI is InChI=1S/C17H27NO3S/c1-4-11-21-17-10-9-15(12-14(17)3)22(19,20)18-16-8-6-5-7-13(16)2/h9-10,12-13,16,18H,4-8,11H2,1-3H3/t13-,16+/m1/s1. The van der Waals surface area contributed by atoms with Gasteiger partial charge in [0, 0.05) is 6.04 Å². The third-order valence-electron chi connectivity index (χ3n) is 4.34. The quantitative estimate of drug-likeness (QED) is 0.869. The van der Waals surface area contributed by atoms with Gasteiger partial charge in [-0.05, 0) is 55.9 Å². The summed E-state index contributed by atoms with van der Waals surface area (Å²) < 4.78 is 33.6. The van der Waals surface area contributed by atoms with E-state index in [-0.39, 0.29) is 6.04 Å². The monoisotopic (exact) mass is 325 g/mol. The van der Waals surface area contributed by atoms with E-state index in [1.165, 1.54) is 6.42 Å². The fourth-order valence-electron chi connectivity index (χ4n) is 2.92. The molecule has 1 aromatic carbocycles. The number of rotatable bonds is 6. The van der Waals surface area contributed by atoms with Gasteiger partial charge in [-0.15, -0.1) is 0 Å². The Hall–Kier alpha value is -1.07. The van der Waals surface area contributed by atoms with E-state index < -0.39 is 10.0 Å². The van der Waals surface area contributed by atoms with Crippen molar-refractivity contribution < 1.29 is 13.2 Å². The van der Waals surface area contributed by atoms with Gasteiger partial charge in [-0.2, -0.15) is 0 Å². The van der Waals surface area contributed by atoms with Gasteiger partial charge in [0.25, 0.3) is 0 Å². The smallest absolute Gasteiger partial charge is 0.240 e. The molecular formula is C17H27NO3S. The molecule has 2 atom stereocenters. The van der Waals surface area contributed by atoms with Crippen molar-refractivity contribution in [2.24, 2.45) is 5.92 Å². The van der Waals surface area contributed by atoms with E-state index in [9.17, 15) is 8.42 Å². The van der Waals surface area contributed by atoms with E-state index in [2.05, 4.69) is 11.6 Å². The lowest BCUT2D eigenvalue weighted by atomic mass is 9.87. The molecule has 22 heavy (non-hydrogen) atoms. The van der Waals surface area contributed by atoms with Crippen LogP contribution in [0.2, 0.25) is 0 Å². The average Bonchev–Trinajstić information content (AvgIpc) is 2.48. The molecule has 4 nitrogen and oxygen atoms in total. The zero-order valence-corrected chi connectivity index (χ0v) is 14.6. The molecule has 0 saturated heterocycles. The zero-order chi connectivity index (χ0) is 16.2. The minimum atomic E-state index is -3.46. The van der Waals surface area contributed by atoms with Crippen LogP contribution in [0.3, 0.4) is 0 Å². The van der Waals surface area contributed by atoms with Gasteiger partial charge < -0.3 is 4.74 Å². The lowest BCUT2D eigenvalue weighted by Gasteiger charge is -2.29. The molecule has 1 N–H and O–H groups in total. The predicted molar refractivity (Wildman–Crippen MR) is 88.7 cm³/mol. The first-order chi connectivity index (χ1) is 10.4. The summed E-state index contributed by atoms with van der Waals surface area (Å²) in [7, 11) is -3.46. The molecule has 0 bridgehead atoms. The van der Waals surface area contributed by atoms with E-state index in [1.54, 1.807) is 18.2 Å². The number of ether oxygens (including phenoxy) is 1. The normalized spacial score (nSPS) is 22.5. The highest BCUT2D eigenvalue weighted by Gasteiger charge is 2.27. The number of sulfonamides is 1. The molecule has 5 heteroatoms. The summed E-state index contributed by atoms with van der Waals surface area (Å²) in [4.78, 5) is 0.326. The van der Waals surface area contributed by atoms with E-state index in [0.717, 1.165) is 37.0 Å². The Balaban J connectivity index is 2.13.